The maximum Gasteiger partial charge on any atom is 0.145 e. The average Bonchev–Trinajstić information content (AvgIpc) is 2.74. The van der Waals surface area contributed by atoms with E-state index < -0.39 is 5.82 Å². The number of nitrogens with one attached hydrogen (secondary N) is 1. The van der Waals surface area contributed by atoms with Crippen LogP contribution < -0.4 is 5.32 Å². The number of likely N-dealkylation sites (tertiary alicyclic amines) is 1. The number of nitrogens with zero attached hydrogens (tertiary/aromatic N) is 2. The van der Waals surface area contributed by atoms with Gasteiger partial charge in [0.05, 0.1) is 5.56 Å². The van der Waals surface area contributed by atoms with Crippen LogP contribution in [0.1, 0.15) is 17.5 Å². The fraction of sp³-hybridized carbons (Fsp3) is 0.462. The Kier molecular flexibility index (Phi) is 3.72. The third-order valence-corrected chi connectivity index (χ3v) is 3.17. The van der Waals surface area contributed by atoms with Crippen LogP contribution in [0.4, 0.5) is 4.39 Å². The zero-order chi connectivity index (χ0) is 12.3. The van der Waals surface area contributed by atoms with Gasteiger partial charge in [0.15, 0.2) is 0 Å². The molecule has 1 aromatic carbocycles. The van der Waals surface area contributed by atoms with E-state index in [-0.39, 0.29) is 5.56 Å². The van der Waals surface area contributed by atoms with E-state index in [9.17, 15) is 4.39 Å². The summed E-state index contributed by atoms with van der Waals surface area (Å²) in [6, 6.07) is 7.23. The number of benzene rings is 1. The molecule has 17 heavy (non-hydrogen) atoms. The van der Waals surface area contributed by atoms with Gasteiger partial charge in [-0.25, -0.2) is 4.39 Å². The van der Waals surface area contributed by atoms with E-state index in [4.69, 9.17) is 5.26 Å². The van der Waals surface area contributed by atoms with E-state index in [2.05, 4.69) is 17.3 Å². The molecule has 0 spiro atoms. The van der Waals surface area contributed by atoms with E-state index in [0.29, 0.717) is 18.2 Å². The summed E-state index contributed by atoms with van der Waals surface area (Å²) < 4.78 is 13.8. The summed E-state index contributed by atoms with van der Waals surface area (Å²) in [5.74, 6) is -0.395. The highest BCUT2D eigenvalue weighted by atomic mass is 19.1. The summed E-state index contributed by atoms with van der Waals surface area (Å²) in [6.45, 7) is 2.57. The second kappa shape index (κ2) is 5.26. The van der Waals surface area contributed by atoms with Crippen molar-refractivity contribution in [2.45, 2.75) is 19.0 Å². The van der Waals surface area contributed by atoms with Crippen LogP contribution in [0.5, 0.6) is 0 Å². The van der Waals surface area contributed by atoms with Gasteiger partial charge < -0.3 is 10.2 Å². The quantitative estimate of drug-likeness (QED) is 0.859. The molecule has 1 saturated heterocycles. The molecule has 1 atom stereocenters. The Morgan fingerprint density at radius 2 is 2.41 bits per heavy atom. The predicted molar refractivity (Wildman–Crippen MR) is 63.9 cm³/mol. The molecular formula is C13H16FN3. The largest absolute Gasteiger partial charge is 0.308 e. The van der Waals surface area contributed by atoms with Gasteiger partial charge in [0.25, 0.3) is 0 Å². The molecule has 3 nitrogen and oxygen atoms in total. The van der Waals surface area contributed by atoms with E-state index in [0.717, 1.165) is 19.5 Å². The first-order valence-electron chi connectivity index (χ1n) is 5.80. The minimum atomic E-state index is -0.395. The van der Waals surface area contributed by atoms with Crippen LogP contribution in [-0.4, -0.2) is 31.1 Å². The number of likely N-dealkylation sites (N-methyl/N-ethyl adjacent to an activating group) is 1. The summed E-state index contributed by atoms with van der Waals surface area (Å²) >= 11 is 0. The Bertz CT molecular complexity index is 439. The molecule has 1 N–H and O–H groups in total. The molecule has 1 aromatic rings. The van der Waals surface area contributed by atoms with Gasteiger partial charge in [-0.2, -0.15) is 5.26 Å². The molecule has 0 bridgehead atoms. The van der Waals surface area contributed by atoms with Crippen molar-refractivity contribution in [2.75, 3.05) is 20.1 Å². The van der Waals surface area contributed by atoms with Gasteiger partial charge in [0.2, 0.25) is 0 Å². The first-order valence-corrected chi connectivity index (χ1v) is 5.80. The number of rotatable bonds is 3. The molecule has 90 valence electrons. The van der Waals surface area contributed by atoms with Gasteiger partial charge in [0.1, 0.15) is 11.9 Å². The first-order chi connectivity index (χ1) is 8.20. The fourth-order valence-electron chi connectivity index (χ4n) is 2.16. The Balaban J connectivity index is 1.98. The fourth-order valence-corrected chi connectivity index (χ4v) is 2.16. The van der Waals surface area contributed by atoms with Crippen molar-refractivity contribution in [2.24, 2.45) is 0 Å². The summed E-state index contributed by atoms with van der Waals surface area (Å²) in [6.07, 6.45) is 1.09. The van der Waals surface area contributed by atoms with Crippen LogP contribution in [0, 0.1) is 17.1 Å². The summed E-state index contributed by atoms with van der Waals surface area (Å²) in [4.78, 5) is 2.25. The Hall–Kier alpha value is -1.44. The monoisotopic (exact) mass is 233 g/mol. The van der Waals surface area contributed by atoms with Crippen LogP contribution in [0.15, 0.2) is 18.2 Å². The van der Waals surface area contributed by atoms with Crippen molar-refractivity contribution < 1.29 is 4.39 Å². The van der Waals surface area contributed by atoms with Crippen molar-refractivity contribution in [3.05, 3.63) is 35.1 Å². The molecule has 1 aliphatic heterocycles. The van der Waals surface area contributed by atoms with Gasteiger partial charge in [0, 0.05) is 24.7 Å². The zero-order valence-electron chi connectivity index (χ0n) is 9.91. The molecule has 4 heteroatoms. The highest BCUT2D eigenvalue weighted by molar-refractivity contribution is 5.34. The van der Waals surface area contributed by atoms with Gasteiger partial charge in [-0.05, 0) is 26.1 Å². The normalized spacial score (nSPS) is 20.4. The van der Waals surface area contributed by atoms with Crippen LogP contribution in [-0.2, 0) is 6.54 Å². The van der Waals surface area contributed by atoms with Crippen LogP contribution in [0.3, 0.4) is 0 Å². The lowest BCUT2D eigenvalue weighted by Crippen LogP contribution is -2.31. The van der Waals surface area contributed by atoms with Crippen molar-refractivity contribution in [1.29, 1.82) is 5.26 Å². The summed E-state index contributed by atoms with van der Waals surface area (Å²) in [5.41, 5.74) is 0.687. The highest BCUT2D eigenvalue weighted by Gasteiger charge is 2.19. The van der Waals surface area contributed by atoms with E-state index in [1.807, 2.05) is 6.07 Å². The minimum absolute atomic E-state index is 0.118. The molecule has 2 rings (SSSR count). The van der Waals surface area contributed by atoms with Gasteiger partial charge in [-0.3, -0.25) is 0 Å². The second-order valence-electron chi connectivity index (χ2n) is 4.52. The van der Waals surface area contributed by atoms with Crippen molar-refractivity contribution >= 4 is 0 Å². The number of halogens is 1. The van der Waals surface area contributed by atoms with Crippen molar-refractivity contribution in [3.63, 3.8) is 0 Å². The SMILES string of the molecule is CN1CCC(NCc2cccc(C#N)c2F)C1. The lowest BCUT2D eigenvalue weighted by molar-refractivity contribution is 0.397. The van der Waals surface area contributed by atoms with Gasteiger partial charge in [-0.15, -0.1) is 0 Å². The molecule has 0 saturated carbocycles. The van der Waals surface area contributed by atoms with Gasteiger partial charge >= 0.3 is 0 Å². The Morgan fingerprint density at radius 3 is 3.06 bits per heavy atom. The molecule has 1 aliphatic rings. The lowest BCUT2D eigenvalue weighted by atomic mass is 10.1. The van der Waals surface area contributed by atoms with E-state index in [1.165, 1.54) is 6.07 Å². The Labute approximate surface area is 101 Å². The second-order valence-corrected chi connectivity index (χ2v) is 4.52. The zero-order valence-corrected chi connectivity index (χ0v) is 9.91. The number of hydrogen-bond acceptors (Lipinski definition) is 3. The third kappa shape index (κ3) is 2.82. The molecule has 1 heterocycles. The molecule has 0 aliphatic carbocycles. The topological polar surface area (TPSA) is 39.1 Å². The average molecular weight is 233 g/mol. The van der Waals surface area contributed by atoms with Crippen molar-refractivity contribution in [1.82, 2.24) is 10.2 Å². The van der Waals surface area contributed by atoms with Crippen LogP contribution in [0.2, 0.25) is 0 Å². The number of hydrogen-bond donors (Lipinski definition) is 1. The standard InChI is InChI=1S/C13H16FN3/c1-17-6-5-12(9-17)16-8-11-4-2-3-10(7-15)13(11)14/h2-4,12,16H,5-6,8-9H2,1H3. The molecule has 1 fully saturated rings. The van der Waals surface area contributed by atoms with Crippen molar-refractivity contribution in [3.8, 4) is 6.07 Å². The van der Waals surface area contributed by atoms with E-state index in [1.54, 1.807) is 12.1 Å². The smallest absolute Gasteiger partial charge is 0.145 e. The predicted octanol–water partition coefficient (Wildman–Crippen LogP) is 1.49. The van der Waals surface area contributed by atoms with Gasteiger partial charge in [-0.1, -0.05) is 12.1 Å². The maximum atomic E-state index is 13.8. The summed E-state index contributed by atoms with van der Waals surface area (Å²) in [5, 5.41) is 12.1. The summed E-state index contributed by atoms with van der Waals surface area (Å²) in [7, 11) is 2.08. The lowest BCUT2D eigenvalue weighted by Gasteiger charge is -2.13. The molecule has 0 radical (unpaired) electrons. The first kappa shape index (κ1) is 12.0. The number of nitriles is 1. The van der Waals surface area contributed by atoms with E-state index >= 15 is 0 Å². The molecular weight excluding hydrogens is 217 g/mol. The Morgan fingerprint density at radius 1 is 1.59 bits per heavy atom. The highest BCUT2D eigenvalue weighted by Crippen LogP contribution is 2.13. The van der Waals surface area contributed by atoms with Crippen LogP contribution >= 0.6 is 0 Å². The molecule has 1 unspecified atom stereocenters. The molecule has 0 amide bonds. The minimum Gasteiger partial charge on any atom is -0.308 e. The molecule has 0 aromatic heterocycles. The maximum absolute atomic E-state index is 13.8. The third-order valence-electron chi connectivity index (χ3n) is 3.17. The van der Waals surface area contributed by atoms with Crippen LogP contribution in [0.25, 0.3) is 0 Å².